The SMILES string of the molecule is Brc1cn2cc(C3CCOCC3)nc2cn1.NC(=O)c1csc(C2CC2)n1.Nc1cnc(Br)cn1.O=C(CBr)C1CCOCC1.O=C(Cc1cn2cc(C3CCOCC3)nc2cn1)c1csc(C2CC2)n1. The Morgan fingerprint density at radius 2 is 1.10 bits per heavy atom. The maximum Gasteiger partial charge on any atom is 0.268 e. The molecule has 2 saturated carbocycles. The fourth-order valence-electron chi connectivity index (χ4n) is 7.88. The highest BCUT2D eigenvalue weighted by molar-refractivity contribution is 9.10. The van der Waals surface area contributed by atoms with E-state index in [0.717, 1.165) is 121 Å². The van der Waals surface area contributed by atoms with Gasteiger partial charge in [0.2, 0.25) is 0 Å². The number of nitrogens with zero attached hydrogens (tertiary/aromatic N) is 10. The predicted octanol–water partition coefficient (Wildman–Crippen LogP) is 9.09. The van der Waals surface area contributed by atoms with E-state index in [0.29, 0.717) is 56.6 Å². The number of rotatable bonds is 10. The zero-order valence-corrected chi connectivity index (χ0v) is 45.3. The first-order valence-corrected chi connectivity index (χ1v) is 28.1. The lowest BCUT2D eigenvalue weighted by atomic mass is 9.97. The molecular formula is C48H55Br3N12O6S2. The molecule has 12 rings (SSSR count). The Kier molecular flexibility index (Phi) is 19.3. The molecule has 3 saturated heterocycles. The van der Waals surface area contributed by atoms with Gasteiger partial charge in [-0.1, -0.05) is 15.9 Å². The number of thiazole rings is 2. The lowest BCUT2D eigenvalue weighted by Gasteiger charge is -2.19. The number of ether oxygens (including phenoxy) is 3. The quantitative estimate of drug-likeness (QED) is 0.0958. The number of primary amides is 1. The molecule has 2 aliphatic carbocycles. The van der Waals surface area contributed by atoms with Crippen LogP contribution >= 0.6 is 70.5 Å². The largest absolute Gasteiger partial charge is 0.382 e. The highest BCUT2D eigenvalue weighted by Gasteiger charge is 2.29. The van der Waals surface area contributed by atoms with Gasteiger partial charge in [0, 0.05) is 105 Å². The third-order valence-electron chi connectivity index (χ3n) is 12.2. The molecule has 1 amide bonds. The molecule has 71 heavy (non-hydrogen) atoms. The summed E-state index contributed by atoms with van der Waals surface area (Å²) in [6.45, 7) is 4.80. The van der Waals surface area contributed by atoms with Crippen LogP contribution < -0.4 is 11.5 Å². The van der Waals surface area contributed by atoms with E-state index in [9.17, 15) is 14.4 Å². The van der Waals surface area contributed by atoms with Crippen molar-refractivity contribution in [1.82, 2.24) is 48.7 Å². The Hall–Kier alpha value is -4.49. The van der Waals surface area contributed by atoms with Crippen LogP contribution in [0.3, 0.4) is 0 Å². The van der Waals surface area contributed by atoms with Crippen molar-refractivity contribution in [3.63, 3.8) is 0 Å². The number of carbonyl (C=O) groups excluding carboxylic acids is 3. The van der Waals surface area contributed by atoms with E-state index in [-0.39, 0.29) is 18.1 Å². The van der Waals surface area contributed by atoms with Gasteiger partial charge < -0.3 is 34.5 Å². The molecule has 5 fully saturated rings. The second-order valence-corrected chi connectivity index (χ2v) is 21.6. The first-order chi connectivity index (χ1) is 34.5. The summed E-state index contributed by atoms with van der Waals surface area (Å²) in [5, 5.41) is 6.29. The van der Waals surface area contributed by atoms with Gasteiger partial charge in [0.05, 0.1) is 63.6 Å². The predicted molar refractivity (Wildman–Crippen MR) is 280 cm³/mol. The van der Waals surface area contributed by atoms with Crippen LogP contribution in [-0.4, -0.2) is 111 Å². The van der Waals surface area contributed by atoms with E-state index in [2.05, 4.69) is 95.1 Å². The Labute approximate surface area is 444 Å². The molecule has 3 aliphatic heterocycles. The molecular weight excluding hydrogens is 1140 g/mol. The Balaban J connectivity index is 0.000000129. The minimum atomic E-state index is -0.423. The molecule has 23 heteroatoms. The summed E-state index contributed by atoms with van der Waals surface area (Å²) in [7, 11) is 0. The molecule has 0 atom stereocenters. The second-order valence-electron chi connectivity index (χ2n) is 17.6. The summed E-state index contributed by atoms with van der Waals surface area (Å²) in [6.07, 6.45) is 25.7. The van der Waals surface area contributed by atoms with Crippen molar-refractivity contribution in [3.8, 4) is 0 Å². The fourth-order valence-corrected chi connectivity index (χ4v) is 10.8. The number of fused-ring (bicyclic) bond motifs is 2. The average Bonchev–Trinajstić information content (AvgIpc) is 4.19. The van der Waals surface area contributed by atoms with Crippen molar-refractivity contribution in [2.45, 2.75) is 94.3 Å². The fraction of sp³-hybridized carbons (Fsp3) is 0.479. The molecule has 0 bridgehead atoms. The maximum absolute atomic E-state index is 12.5. The molecule has 376 valence electrons. The minimum absolute atomic E-state index is 0.0322. The topological polar surface area (TPSA) is 243 Å². The van der Waals surface area contributed by atoms with Crippen LogP contribution in [-0.2, 0) is 25.4 Å². The van der Waals surface area contributed by atoms with Gasteiger partial charge in [0.1, 0.15) is 32.2 Å². The van der Waals surface area contributed by atoms with Gasteiger partial charge in [-0.05, 0) is 96.1 Å². The lowest BCUT2D eigenvalue weighted by molar-refractivity contribution is -0.122. The van der Waals surface area contributed by atoms with Crippen molar-refractivity contribution < 1.29 is 28.6 Å². The smallest absolute Gasteiger partial charge is 0.268 e. The average molecular weight is 1200 g/mol. The number of imidazole rings is 2. The van der Waals surface area contributed by atoms with Crippen LogP contribution in [0.5, 0.6) is 0 Å². The molecule has 0 unspecified atom stereocenters. The maximum atomic E-state index is 12.5. The van der Waals surface area contributed by atoms with Gasteiger partial charge in [0.15, 0.2) is 17.1 Å². The van der Waals surface area contributed by atoms with Crippen molar-refractivity contribution in [1.29, 1.82) is 0 Å². The van der Waals surface area contributed by atoms with Crippen LogP contribution in [0.4, 0.5) is 5.82 Å². The number of amides is 1. The third kappa shape index (κ3) is 15.8. The van der Waals surface area contributed by atoms with E-state index in [1.807, 2.05) is 26.6 Å². The number of alkyl halides is 1. The van der Waals surface area contributed by atoms with Crippen molar-refractivity contribution in [3.05, 3.63) is 108 Å². The normalized spacial score (nSPS) is 17.4. The second kappa shape index (κ2) is 25.9. The third-order valence-corrected chi connectivity index (χ3v) is 15.6. The Morgan fingerprint density at radius 1 is 0.592 bits per heavy atom. The van der Waals surface area contributed by atoms with Crippen molar-refractivity contribution in [2.75, 3.05) is 50.7 Å². The van der Waals surface area contributed by atoms with Gasteiger partial charge in [-0.2, -0.15) is 0 Å². The van der Waals surface area contributed by atoms with Crippen LogP contribution in [0, 0.1) is 5.92 Å². The summed E-state index contributed by atoms with van der Waals surface area (Å²) in [4.78, 5) is 68.3. The van der Waals surface area contributed by atoms with Gasteiger partial charge in [-0.15, -0.1) is 22.7 Å². The number of carbonyl (C=O) groups is 3. The summed E-state index contributed by atoms with van der Waals surface area (Å²) < 4.78 is 21.4. The molecule has 0 spiro atoms. The monoisotopic (exact) mass is 1200 g/mol. The number of anilines is 1. The summed E-state index contributed by atoms with van der Waals surface area (Å²) in [5.74, 6) is 2.82. The van der Waals surface area contributed by atoms with Gasteiger partial charge in [0.25, 0.3) is 5.91 Å². The first-order valence-electron chi connectivity index (χ1n) is 23.6. The van der Waals surface area contributed by atoms with Crippen LogP contribution in [0.2, 0.25) is 0 Å². The van der Waals surface area contributed by atoms with Crippen LogP contribution in [0.15, 0.2) is 69.5 Å². The van der Waals surface area contributed by atoms with Gasteiger partial charge >= 0.3 is 0 Å². The Bertz CT molecular complexity index is 2830. The number of halogens is 3. The Morgan fingerprint density at radius 3 is 1.59 bits per heavy atom. The summed E-state index contributed by atoms with van der Waals surface area (Å²) in [6, 6.07) is 0. The number of nitrogens with two attached hydrogens (primary N) is 2. The number of hydrogen-bond donors (Lipinski definition) is 2. The molecule has 7 aromatic rings. The molecule has 18 nitrogen and oxygen atoms in total. The van der Waals surface area contributed by atoms with Crippen LogP contribution in [0.25, 0.3) is 11.3 Å². The van der Waals surface area contributed by atoms with Crippen molar-refractivity contribution >= 4 is 105 Å². The standard InChI is InChI=1S/C19H20N4O2S.C11H12BrN3O.C7H11BrO2.C7H8N2OS.C4H4BrN3/c24-17(16-11-26-19(22-16)13-1-2-13)7-14-9-23-10-15(21-18(23)8-20-14)12-3-5-25-6-4-12;12-10-7-15-6-9(14-11(15)5-13-10)8-1-3-16-4-2-8;8-5-7(9)6-1-3-10-4-2-6;8-6(10)5-3-11-7(9-5)4-1-2-4;5-3-1-8-4(6)2-7-3/h8-13H,1-7H2;5-8H,1-4H2;6H,1-5H2;3-4H,1-2H2,(H2,8,10);1-2H,(H2,6,8). The summed E-state index contributed by atoms with van der Waals surface area (Å²) in [5.41, 5.74) is 16.0. The number of nitrogen functional groups attached to an aromatic ring is 1. The van der Waals surface area contributed by atoms with E-state index < -0.39 is 5.91 Å². The molecule has 7 aromatic heterocycles. The van der Waals surface area contributed by atoms with E-state index in [1.54, 1.807) is 35.3 Å². The highest BCUT2D eigenvalue weighted by atomic mass is 79.9. The number of ketones is 2. The zero-order chi connectivity index (χ0) is 49.7. The van der Waals surface area contributed by atoms with E-state index in [1.165, 1.54) is 43.2 Å². The van der Waals surface area contributed by atoms with Crippen molar-refractivity contribution in [2.24, 2.45) is 11.7 Å². The zero-order valence-electron chi connectivity index (χ0n) is 38.9. The highest BCUT2D eigenvalue weighted by Crippen LogP contribution is 2.42. The van der Waals surface area contributed by atoms with E-state index >= 15 is 0 Å². The number of Topliss-reactive ketones (excluding diaryl/α,β-unsaturated/α-hetero) is 2. The first kappa shape index (κ1) is 52.8. The van der Waals surface area contributed by atoms with E-state index in [4.69, 9.17) is 30.7 Å². The number of hydrogen-bond acceptors (Lipinski definition) is 17. The molecule has 10 heterocycles. The molecule has 4 N–H and O–H groups in total. The minimum Gasteiger partial charge on any atom is -0.382 e. The number of aromatic nitrogens is 10. The molecule has 0 aromatic carbocycles. The summed E-state index contributed by atoms with van der Waals surface area (Å²) >= 11 is 12.8. The molecule has 5 aliphatic rings. The lowest BCUT2D eigenvalue weighted by Crippen LogP contribution is -2.23. The van der Waals surface area contributed by atoms with Crippen LogP contribution in [0.1, 0.15) is 136 Å². The van der Waals surface area contributed by atoms with Gasteiger partial charge in [-0.25, -0.2) is 34.9 Å². The molecule has 0 radical (unpaired) electrons. The van der Waals surface area contributed by atoms with Gasteiger partial charge in [-0.3, -0.25) is 19.4 Å².